The first kappa shape index (κ1) is 18.9. The Morgan fingerprint density at radius 3 is 2.56 bits per heavy atom. The number of hydrogen-bond acceptors (Lipinski definition) is 4. The maximum absolute atomic E-state index is 12.8. The Hall–Kier alpha value is -2.86. The van der Waals surface area contributed by atoms with E-state index in [-0.39, 0.29) is 23.6 Å². The third-order valence-electron chi connectivity index (χ3n) is 4.19. The average molecular weight is 382 g/mol. The van der Waals surface area contributed by atoms with Gasteiger partial charge in [-0.3, -0.25) is 9.59 Å². The zero-order valence-electron chi connectivity index (χ0n) is 15.3. The molecule has 0 saturated carbocycles. The van der Waals surface area contributed by atoms with Gasteiger partial charge in [0.05, 0.1) is 22.2 Å². The summed E-state index contributed by atoms with van der Waals surface area (Å²) in [6, 6.07) is 15.0. The third-order valence-corrected chi connectivity index (χ3v) is 5.34. The fraction of sp³-hybridized carbons (Fsp3) is 0.238. The van der Waals surface area contributed by atoms with Gasteiger partial charge in [-0.1, -0.05) is 43.7 Å². The molecule has 3 rings (SSSR count). The molecule has 0 aliphatic carbocycles. The van der Waals surface area contributed by atoms with Crippen molar-refractivity contribution in [3.05, 3.63) is 76.6 Å². The van der Waals surface area contributed by atoms with E-state index in [1.807, 2.05) is 37.3 Å². The second-order valence-electron chi connectivity index (χ2n) is 6.28. The van der Waals surface area contributed by atoms with Crippen molar-refractivity contribution in [1.82, 2.24) is 5.32 Å². The van der Waals surface area contributed by atoms with Crippen LogP contribution in [0.25, 0.3) is 0 Å². The second-order valence-corrected chi connectivity index (χ2v) is 7.33. The highest BCUT2D eigenvalue weighted by atomic mass is 32.1. The Labute approximate surface area is 162 Å². The van der Waals surface area contributed by atoms with Crippen LogP contribution in [0.5, 0.6) is 0 Å². The standard InChI is InChI=1S/C21H22N2O3S/c1-3-8-16(15-9-5-4-6-10-15)22-21(25)19-14(2)13-18(27-19)23-20(24)17-11-7-12-26-17/h4-7,9-13,16H,3,8H2,1-2H3,(H,22,25)(H,23,24)/t16-/m0/s1. The number of rotatable bonds is 7. The van der Waals surface area contributed by atoms with E-state index in [0.717, 1.165) is 24.0 Å². The summed E-state index contributed by atoms with van der Waals surface area (Å²) in [5.41, 5.74) is 1.92. The Kier molecular flexibility index (Phi) is 6.08. The van der Waals surface area contributed by atoms with Gasteiger partial charge in [-0.25, -0.2) is 0 Å². The zero-order chi connectivity index (χ0) is 19.2. The molecule has 2 N–H and O–H groups in total. The molecule has 2 aromatic heterocycles. The van der Waals surface area contributed by atoms with Gasteiger partial charge in [-0.2, -0.15) is 0 Å². The number of benzene rings is 1. The van der Waals surface area contributed by atoms with Gasteiger partial charge in [0.15, 0.2) is 5.76 Å². The van der Waals surface area contributed by atoms with E-state index in [9.17, 15) is 9.59 Å². The predicted octanol–water partition coefficient (Wildman–Crippen LogP) is 5.17. The molecule has 2 heterocycles. The van der Waals surface area contributed by atoms with Crippen LogP contribution >= 0.6 is 11.3 Å². The fourth-order valence-corrected chi connectivity index (χ4v) is 3.84. The smallest absolute Gasteiger partial charge is 0.291 e. The molecule has 0 aliphatic heterocycles. The topological polar surface area (TPSA) is 71.3 Å². The van der Waals surface area contributed by atoms with E-state index in [0.29, 0.717) is 9.88 Å². The van der Waals surface area contributed by atoms with Crippen LogP contribution in [-0.2, 0) is 0 Å². The number of thiophene rings is 1. The molecule has 0 radical (unpaired) electrons. The van der Waals surface area contributed by atoms with Crippen LogP contribution in [-0.4, -0.2) is 11.8 Å². The maximum Gasteiger partial charge on any atom is 0.291 e. The molecule has 5 nitrogen and oxygen atoms in total. The number of anilines is 1. The van der Waals surface area contributed by atoms with Crippen LogP contribution in [0, 0.1) is 6.92 Å². The minimum absolute atomic E-state index is 0.0358. The first-order valence-electron chi connectivity index (χ1n) is 8.89. The molecular weight excluding hydrogens is 360 g/mol. The first-order valence-corrected chi connectivity index (χ1v) is 9.71. The molecule has 0 saturated heterocycles. The molecule has 6 heteroatoms. The predicted molar refractivity (Wildman–Crippen MR) is 107 cm³/mol. The highest BCUT2D eigenvalue weighted by molar-refractivity contribution is 7.18. The highest BCUT2D eigenvalue weighted by Gasteiger charge is 2.20. The van der Waals surface area contributed by atoms with Gasteiger partial charge in [-0.05, 0) is 42.7 Å². The number of carbonyl (C=O) groups is 2. The van der Waals surface area contributed by atoms with Gasteiger partial charge in [-0.15, -0.1) is 11.3 Å². The van der Waals surface area contributed by atoms with Crippen LogP contribution in [0.4, 0.5) is 5.00 Å². The summed E-state index contributed by atoms with van der Waals surface area (Å²) < 4.78 is 5.09. The van der Waals surface area contributed by atoms with Crippen molar-refractivity contribution in [2.24, 2.45) is 0 Å². The van der Waals surface area contributed by atoms with Crippen molar-refractivity contribution < 1.29 is 14.0 Å². The average Bonchev–Trinajstić information content (AvgIpc) is 3.32. The number of nitrogens with one attached hydrogen (secondary N) is 2. The van der Waals surface area contributed by atoms with Gasteiger partial charge < -0.3 is 15.1 Å². The Bertz CT molecular complexity index is 901. The summed E-state index contributed by atoms with van der Waals surface area (Å²) >= 11 is 1.26. The fourth-order valence-electron chi connectivity index (χ4n) is 2.87. The quantitative estimate of drug-likeness (QED) is 0.592. The molecule has 0 bridgehead atoms. The third kappa shape index (κ3) is 4.65. The number of furan rings is 1. The molecular formula is C21H22N2O3S. The van der Waals surface area contributed by atoms with Gasteiger partial charge >= 0.3 is 0 Å². The molecule has 1 atom stereocenters. The molecule has 1 aromatic carbocycles. The van der Waals surface area contributed by atoms with Crippen LogP contribution < -0.4 is 10.6 Å². The van der Waals surface area contributed by atoms with E-state index in [4.69, 9.17) is 4.42 Å². The van der Waals surface area contributed by atoms with Crippen molar-refractivity contribution in [3.63, 3.8) is 0 Å². The van der Waals surface area contributed by atoms with E-state index in [1.54, 1.807) is 18.2 Å². The largest absolute Gasteiger partial charge is 0.459 e. The summed E-state index contributed by atoms with van der Waals surface area (Å²) in [7, 11) is 0. The number of hydrogen-bond donors (Lipinski definition) is 2. The summed E-state index contributed by atoms with van der Waals surface area (Å²) in [6.07, 6.45) is 3.28. The van der Waals surface area contributed by atoms with Crippen molar-refractivity contribution >= 4 is 28.2 Å². The van der Waals surface area contributed by atoms with E-state index in [1.165, 1.54) is 17.6 Å². The van der Waals surface area contributed by atoms with Gasteiger partial charge in [0, 0.05) is 0 Å². The van der Waals surface area contributed by atoms with Crippen molar-refractivity contribution in [2.45, 2.75) is 32.7 Å². The van der Waals surface area contributed by atoms with Crippen LogP contribution in [0.3, 0.4) is 0 Å². The minimum atomic E-state index is -0.332. The van der Waals surface area contributed by atoms with Gasteiger partial charge in [0.1, 0.15) is 0 Å². The van der Waals surface area contributed by atoms with Crippen LogP contribution in [0.1, 0.15) is 57.2 Å². The zero-order valence-corrected chi connectivity index (χ0v) is 16.1. The molecule has 0 spiro atoms. The first-order chi connectivity index (χ1) is 13.1. The van der Waals surface area contributed by atoms with E-state index in [2.05, 4.69) is 17.6 Å². The van der Waals surface area contributed by atoms with Gasteiger partial charge in [0.25, 0.3) is 11.8 Å². The molecule has 2 amide bonds. The van der Waals surface area contributed by atoms with Crippen LogP contribution in [0.2, 0.25) is 0 Å². The number of aryl methyl sites for hydroxylation is 1. The lowest BCUT2D eigenvalue weighted by molar-refractivity contribution is 0.0937. The Morgan fingerprint density at radius 1 is 1.11 bits per heavy atom. The summed E-state index contributed by atoms with van der Waals surface area (Å²) in [5, 5.41) is 6.52. The van der Waals surface area contributed by atoms with E-state index >= 15 is 0 Å². The lowest BCUT2D eigenvalue weighted by Crippen LogP contribution is -2.28. The summed E-state index contributed by atoms with van der Waals surface area (Å²) in [5.74, 6) is -0.223. The minimum Gasteiger partial charge on any atom is -0.459 e. The lowest BCUT2D eigenvalue weighted by Gasteiger charge is -2.18. The monoisotopic (exact) mass is 382 g/mol. The van der Waals surface area contributed by atoms with Crippen molar-refractivity contribution in [3.8, 4) is 0 Å². The Morgan fingerprint density at radius 2 is 1.89 bits per heavy atom. The Balaban J connectivity index is 1.72. The van der Waals surface area contributed by atoms with Gasteiger partial charge in [0.2, 0.25) is 0 Å². The molecule has 0 unspecified atom stereocenters. The van der Waals surface area contributed by atoms with E-state index < -0.39 is 0 Å². The number of amides is 2. The lowest BCUT2D eigenvalue weighted by atomic mass is 10.0. The van der Waals surface area contributed by atoms with Crippen molar-refractivity contribution in [2.75, 3.05) is 5.32 Å². The molecule has 0 aliphatic rings. The van der Waals surface area contributed by atoms with Crippen LogP contribution in [0.15, 0.2) is 59.2 Å². The maximum atomic E-state index is 12.8. The highest BCUT2D eigenvalue weighted by Crippen LogP contribution is 2.28. The molecule has 140 valence electrons. The molecule has 3 aromatic rings. The summed E-state index contributed by atoms with van der Waals surface area (Å²) in [6.45, 7) is 3.96. The second kappa shape index (κ2) is 8.68. The number of carbonyl (C=O) groups excluding carboxylic acids is 2. The normalized spacial score (nSPS) is 11.8. The van der Waals surface area contributed by atoms with Crippen molar-refractivity contribution in [1.29, 1.82) is 0 Å². The molecule has 0 fully saturated rings. The summed E-state index contributed by atoms with van der Waals surface area (Å²) in [4.78, 5) is 25.5. The molecule has 27 heavy (non-hydrogen) atoms. The SMILES string of the molecule is CCC[C@H](NC(=O)c1sc(NC(=O)c2ccco2)cc1C)c1ccccc1.